The number of ketones is 1. The molecule has 7 aliphatic carbocycles. The fourth-order valence-corrected chi connectivity index (χ4v) is 13.2. The first kappa shape index (κ1) is 32.9. The summed E-state index contributed by atoms with van der Waals surface area (Å²) in [4.78, 5) is 14.8. The molecule has 7 heteroatoms. The predicted molar refractivity (Wildman–Crippen MR) is 189 cm³/mol. The Hall–Kier alpha value is -2.32. The molecule has 2 N–H and O–H groups in total. The third-order valence-electron chi connectivity index (χ3n) is 15.1. The number of aliphatic hydroxyl groups excluding tert-OH is 1. The molecule has 1 unspecified atom stereocenters. The van der Waals surface area contributed by atoms with Crippen LogP contribution in [0.4, 0.5) is 0 Å². The third kappa shape index (κ3) is 4.52. The minimum absolute atomic E-state index is 0.0183. The molecule has 2 spiro atoms. The summed E-state index contributed by atoms with van der Waals surface area (Å²) in [6.45, 7) is 4.86. The Morgan fingerprint density at radius 3 is 2.33 bits per heavy atom. The van der Waals surface area contributed by atoms with Crippen LogP contribution >= 0.6 is 0 Å². The molecule has 48 heavy (non-hydrogen) atoms. The van der Waals surface area contributed by atoms with Crippen LogP contribution in [0.3, 0.4) is 0 Å². The van der Waals surface area contributed by atoms with Gasteiger partial charge in [-0.2, -0.15) is 4.31 Å². The van der Waals surface area contributed by atoms with E-state index in [1.165, 1.54) is 17.0 Å². The number of benzene rings is 2. The Labute approximate surface area is 286 Å². The molecule has 4 fully saturated rings. The molecular weight excluding hydrogens is 619 g/mol. The molecule has 0 amide bonds. The van der Waals surface area contributed by atoms with Crippen molar-refractivity contribution in [2.45, 2.75) is 109 Å². The summed E-state index contributed by atoms with van der Waals surface area (Å²) in [6.07, 6.45) is 18.5. The van der Waals surface area contributed by atoms with Crippen molar-refractivity contribution in [1.82, 2.24) is 4.31 Å². The van der Waals surface area contributed by atoms with E-state index in [9.17, 15) is 23.4 Å². The van der Waals surface area contributed by atoms with Gasteiger partial charge in [-0.15, -0.1) is 0 Å². The van der Waals surface area contributed by atoms with Gasteiger partial charge in [-0.05, 0) is 91.4 Å². The lowest BCUT2D eigenvalue weighted by Crippen LogP contribution is -2.67. The molecule has 6 nitrogen and oxygen atoms in total. The number of aliphatic hydroxyl groups is 2. The van der Waals surface area contributed by atoms with Crippen LogP contribution < -0.4 is 0 Å². The predicted octanol–water partition coefficient (Wildman–Crippen LogP) is 7.34. The zero-order valence-corrected chi connectivity index (χ0v) is 29.8. The van der Waals surface area contributed by atoms with Gasteiger partial charge in [0.25, 0.3) is 0 Å². The number of carbonyl (C=O) groups is 1. The molecule has 8 atom stereocenters. The van der Waals surface area contributed by atoms with Gasteiger partial charge in [0.15, 0.2) is 5.78 Å². The van der Waals surface area contributed by atoms with Gasteiger partial charge in [-0.3, -0.25) is 4.79 Å². The molecule has 9 rings (SSSR count). The average molecular weight is 672 g/mol. The number of carbonyl (C=O) groups excluding carboxylic acids is 1. The number of fused-ring (bicyclic) bond motifs is 2. The quantitative estimate of drug-likeness (QED) is 0.301. The summed E-state index contributed by atoms with van der Waals surface area (Å²) in [7, 11) is -3.66. The van der Waals surface area contributed by atoms with Crippen molar-refractivity contribution in [2.75, 3.05) is 12.8 Å². The molecule has 0 radical (unpaired) electrons. The lowest BCUT2D eigenvalue weighted by atomic mass is 9.32. The SMILES string of the molecule is C[C@]12CC[C@H]3[C@]4(C=C[C@@]5(C=C4C(=O)C4CCCCC4)CC(O)CC[C@]35C)[C@@H]1CC[C@@]2(O)CN(Cc1cccc2ccccc12)S(C)(=O)=O. The van der Waals surface area contributed by atoms with E-state index in [2.05, 4.69) is 32.1 Å². The molecule has 4 saturated carbocycles. The Kier molecular flexibility index (Phi) is 7.59. The van der Waals surface area contributed by atoms with E-state index in [1.807, 2.05) is 42.5 Å². The minimum Gasteiger partial charge on any atom is -0.393 e. The van der Waals surface area contributed by atoms with Crippen LogP contribution in [-0.2, 0) is 21.4 Å². The van der Waals surface area contributed by atoms with Gasteiger partial charge >= 0.3 is 0 Å². The summed E-state index contributed by atoms with van der Waals surface area (Å²) < 4.78 is 28.5. The molecule has 0 aliphatic heterocycles. The lowest BCUT2D eigenvalue weighted by molar-refractivity contribution is -0.177. The van der Waals surface area contributed by atoms with E-state index in [4.69, 9.17) is 0 Å². The second kappa shape index (κ2) is 11.1. The summed E-state index contributed by atoms with van der Waals surface area (Å²) in [5, 5.41) is 26.0. The van der Waals surface area contributed by atoms with Gasteiger partial charge in [-0.25, -0.2) is 8.42 Å². The molecule has 0 heterocycles. The third-order valence-corrected chi connectivity index (χ3v) is 16.3. The second-order valence-electron chi connectivity index (χ2n) is 17.2. The van der Waals surface area contributed by atoms with Gasteiger partial charge in [0.2, 0.25) is 10.0 Å². The number of rotatable bonds is 7. The molecule has 2 aromatic rings. The van der Waals surface area contributed by atoms with Gasteiger partial charge < -0.3 is 10.2 Å². The van der Waals surface area contributed by atoms with Crippen LogP contribution in [0.2, 0.25) is 0 Å². The van der Waals surface area contributed by atoms with Crippen LogP contribution in [-0.4, -0.2) is 53.2 Å². The van der Waals surface area contributed by atoms with E-state index >= 15 is 0 Å². The minimum atomic E-state index is -3.66. The first-order chi connectivity index (χ1) is 22.8. The van der Waals surface area contributed by atoms with Crippen molar-refractivity contribution in [1.29, 1.82) is 0 Å². The van der Waals surface area contributed by atoms with E-state index in [-0.39, 0.29) is 47.8 Å². The largest absolute Gasteiger partial charge is 0.393 e. The van der Waals surface area contributed by atoms with Crippen LogP contribution in [0.5, 0.6) is 0 Å². The maximum Gasteiger partial charge on any atom is 0.211 e. The Bertz CT molecular complexity index is 1810. The number of hydrogen-bond donors (Lipinski definition) is 2. The molecule has 0 aromatic heterocycles. The van der Waals surface area contributed by atoms with Crippen LogP contribution in [0, 0.1) is 39.4 Å². The summed E-state index contributed by atoms with van der Waals surface area (Å²) in [5.41, 5.74) is -0.826. The topological polar surface area (TPSA) is 94.9 Å². The first-order valence-electron chi connectivity index (χ1n) is 18.6. The normalized spacial score (nSPS) is 40.8. The zero-order chi connectivity index (χ0) is 33.7. The van der Waals surface area contributed by atoms with Gasteiger partial charge in [0, 0.05) is 40.8 Å². The molecule has 7 aliphatic rings. The van der Waals surface area contributed by atoms with Crippen LogP contribution in [0.25, 0.3) is 10.8 Å². The number of allylic oxidation sites excluding steroid dienone is 4. The van der Waals surface area contributed by atoms with E-state index in [0.717, 1.165) is 79.7 Å². The standard InChI is InChI=1S/C41H53NO5S/c1-37-19-16-31(43)24-39(37)22-23-41(33(25-39)36(44)29-11-5-4-6-12-29)34(37)17-20-38(2)35(41)18-21-40(38,45)27-42(48(3,46)47)26-30-14-9-13-28-10-7-8-15-32(28)30/h7-10,13-15,22-23,25,29,31,34-35,43,45H,4-6,11-12,16-21,24,26-27H2,1-3H3/t31?,34-,35-,37-,38+,39+,40-,41-/m1/s1. The van der Waals surface area contributed by atoms with Gasteiger partial charge in [-0.1, -0.05) is 93.8 Å². The van der Waals surface area contributed by atoms with E-state index in [1.54, 1.807) is 0 Å². The van der Waals surface area contributed by atoms with E-state index in [0.29, 0.717) is 18.6 Å². The summed E-state index contributed by atoms with van der Waals surface area (Å²) in [6, 6.07) is 14.1. The van der Waals surface area contributed by atoms with E-state index < -0.39 is 26.5 Å². The Morgan fingerprint density at radius 2 is 1.56 bits per heavy atom. The maximum atomic E-state index is 14.8. The molecule has 258 valence electrons. The number of sulfonamides is 1. The first-order valence-corrected chi connectivity index (χ1v) is 20.4. The smallest absolute Gasteiger partial charge is 0.211 e. The van der Waals surface area contributed by atoms with Crippen molar-refractivity contribution < 1.29 is 23.4 Å². The fourth-order valence-electron chi connectivity index (χ4n) is 12.4. The highest BCUT2D eigenvalue weighted by atomic mass is 32.2. The molecular formula is C41H53NO5S. The summed E-state index contributed by atoms with van der Waals surface area (Å²) >= 11 is 0. The Morgan fingerprint density at radius 1 is 0.875 bits per heavy atom. The van der Waals surface area contributed by atoms with Crippen LogP contribution in [0.15, 0.2) is 66.3 Å². The number of Topliss-reactive ketones (excluding diaryl/α,β-unsaturated/α-hetero) is 1. The highest BCUT2D eigenvalue weighted by Gasteiger charge is 2.74. The van der Waals surface area contributed by atoms with Gasteiger partial charge in [0.1, 0.15) is 0 Å². The average Bonchev–Trinajstić information content (AvgIpc) is 3.34. The Balaban J connectivity index is 1.20. The van der Waals surface area contributed by atoms with Crippen molar-refractivity contribution in [3.05, 3.63) is 71.8 Å². The molecule has 0 saturated heterocycles. The highest BCUT2D eigenvalue weighted by Crippen LogP contribution is 2.78. The molecule has 2 aromatic carbocycles. The lowest BCUT2D eigenvalue weighted by Gasteiger charge is -2.71. The highest BCUT2D eigenvalue weighted by molar-refractivity contribution is 7.88. The maximum absolute atomic E-state index is 14.8. The zero-order valence-electron chi connectivity index (χ0n) is 29.0. The van der Waals surface area contributed by atoms with Crippen molar-refractivity contribution in [3.8, 4) is 0 Å². The number of nitrogens with zero attached hydrogens (tertiary/aromatic N) is 1. The monoisotopic (exact) mass is 671 g/mol. The van der Waals surface area contributed by atoms with Crippen molar-refractivity contribution in [2.24, 2.45) is 39.4 Å². The van der Waals surface area contributed by atoms with Crippen molar-refractivity contribution >= 4 is 26.6 Å². The fraction of sp³-hybridized carbons (Fsp3) is 0.634. The van der Waals surface area contributed by atoms with Gasteiger partial charge in [0.05, 0.1) is 18.0 Å². The molecule has 2 bridgehead atoms. The van der Waals surface area contributed by atoms with Crippen LogP contribution in [0.1, 0.15) is 96.5 Å². The second-order valence-corrected chi connectivity index (χ2v) is 19.2. The summed E-state index contributed by atoms with van der Waals surface area (Å²) in [5.74, 6) is 0.611. The van der Waals surface area contributed by atoms with Crippen molar-refractivity contribution in [3.63, 3.8) is 0 Å². The number of hydrogen-bond acceptors (Lipinski definition) is 5.